The summed E-state index contributed by atoms with van der Waals surface area (Å²) in [5.74, 6) is 0.856. The molecule has 0 unspecified atom stereocenters. The maximum Gasteiger partial charge on any atom is 0.290 e. The highest BCUT2D eigenvalue weighted by Crippen LogP contribution is 2.25. The summed E-state index contributed by atoms with van der Waals surface area (Å²) in [6.07, 6.45) is 1.12. The molecule has 0 bridgehead atoms. The Kier molecular flexibility index (Phi) is 4.94. The second kappa shape index (κ2) is 7.00. The fourth-order valence-electron chi connectivity index (χ4n) is 3.55. The Balaban J connectivity index is 1.92. The predicted molar refractivity (Wildman–Crippen MR) is 100 cm³/mol. The molecule has 0 aliphatic carbocycles. The Morgan fingerprint density at radius 1 is 1.36 bits per heavy atom. The van der Waals surface area contributed by atoms with Crippen molar-refractivity contribution in [1.82, 2.24) is 14.7 Å². The third-order valence-electron chi connectivity index (χ3n) is 4.64. The average molecular weight is 360 g/mol. The van der Waals surface area contributed by atoms with Crippen molar-refractivity contribution in [1.29, 1.82) is 0 Å². The number of hydrogen-bond donors (Lipinski definition) is 1. The maximum absolute atomic E-state index is 12.9. The number of carbonyl (C=O) groups excluding carboxylic acids is 1. The van der Waals surface area contributed by atoms with Crippen LogP contribution in [0, 0.1) is 11.8 Å². The Morgan fingerprint density at radius 3 is 2.64 bits per heavy atom. The van der Waals surface area contributed by atoms with Gasteiger partial charge in [-0.3, -0.25) is 9.59 Å². The second-order valence-corrected chi connectivity index (χ2v) is 8.02. The van der Waals surface area contributed by atoms with Crippen LogP contribution in [0.1, 0.15) is 33.2 Å². The number of anilines is 1. The second-order valence-electron chi connectivity index (χ2n) is 7.08. The van der Waals surface area contributed by atoms with Gasteiger partial charge in [0.05, 0.1) is 4.88 Å². The molecule has 2 N–H and O–H groups in total. The molecule has 7 heteroatoms. The van der Waals surface area contributed by atoms with Crippen LogP contribution in [0.15, 0.2) is 28.4 Å². The van der Waals surface area contributed by atoms with Crippen LogP contribution in [0.3, 0.4) is 0 Å². The molecule has 6 nitrogen and oxygen atoms in total. The van der Waals surface area contributed by atoms with Gasteiger partial charge in [0, 0.05) is 13.1 Å². The molecule has 1 amide bonds. The van der Waals surface area contributed by atoms with Crippen molar-refractivity contribution in [3.63, 3.8) is 0 Å². The molecule has 0 saturated carbocycles. The molecule has 0 spiro atoms. The molecule has 3 rings (SSSR count). The molecule has 1 aliphatic heterocycles. The summed E-state index contributed by atoms with van der Waals surface area (Å²) in [6.45, 7) is 7.48. The van der Waals surface area contributed by atoms with E-state index in [1.54, 1.807) is 13.0 Å². The topological polar surface area (TPSA) is 81.2 Å². The van der Waals surface area contributed by atoms with E-state index >= 15 is 0 Å². The molecular formula is C18H24N4O2S. The predicted octanol–water partition coefficient (Wildman–Crippen LogP) is 2.62. The van der Waals surface area contributed by atoms with Gasteiger partial charge in [0.1, 0.15) is 17.4 Å². The number of rotatable bonds is 3. The van der Waals surface area contributed by atoms with Crippen LogP contribution in [-0.2, 0) is 4.79 Å². The summed E-state index contributed by atoms with van der Waals surface area (Å²) in [4.78, 5) is 28.2. The maximum atomic E-state index is 12.9. The number of amides is 1. The molecule has 3 atom stereocenters. The molecule has 2 aromatic rings. The van der Waals surface area contributed by atoms with Gasteiger partial charge in [0.15, 0.2) is 0 Å². The third-order valence-corrected chi connectivity index (χ3v) is 5.53. The van der Waals surface area contributed by atoms with Gasteiger partial charge in [-0.15, -0.1) is 11.3 Å². The number of hydrogen-bond acceptors (Lipinski definition) is 5. The summed E-state index contributed by atoms with van der Waals surface area (Å²) in [6, 6.07) is 4.74. The minimum absolute atomic E-state index is 0.0734. The minimum Gasteiger partial charge on any atom is -0.394 e. The van der Waals surface area contributed by atoms with E-state index in [2.05, 4.69) is 18.9 Å². The Bertz CT molecular complexity index is 805. The number of aromatic nitrogens is 2. The monoisotopic (exact) mass is 360 g/mol. The molecule has 1 fully saturated rings. The van der Waals surface area contributed by atoms with Crippen molar-refractivity contribution in [2.24, 2.45) is 11.8 Å². The number of nitrogen functional groups attached to an aromatic ring is 1. The summed E-state index contributed by atoms with van der Waals surface area (Å²) >= 11 is 1.52. The van der Waals surface area contributed by atoms with Crippen LogP contribution in [0.5, 0.6) is 0 Å². The van der Waals surface area contributed by atoms with Gasteiger partial charge in [-0.25, -0.2) is 4.68 Å². The van der Waals surface area contributed by atoms with E-state index < -0.39 is 11.6 Å². The highest BCUT2D eigenvalue weighted by atomic mass is 32.1. The quantitative estimate of drug-likeness (QED) is 0.912. The van der Waals surface area contributed by atoms with Gasteiger partial charge in [-0.05, 0) is 42.7 Å². The fourth-order valence-corrected chi connectivity index (χ4v) is 4.23. The largest absolute Gasteiger partial charge is 0.394 e. The van der Waals surface area contributed by atoms with Gasteiger partial charge in [-0.2, -0.15) is 5.10 Å². The molecule has 1 aliphatic rings. The molecule has 134 valence electrons. The van der Waals surface area contributed by atoms with Gasteiger partial charge in [0.25, 0.3) is 5.56 Å². The fraction of sp³-hybridized carbons (Fsp3) is 0.500. The Morgan fingerprint density at radius 2 is 2.04 bits per heavy atom. The molecule has 3 heterocycles. The molecule has 0 aromatic carbocycles. The van der Waals surface area contributed by atoms with Crippen molar-refractivity contribution in [3.05, 3.63) is 33.9 Å². The summed E-state index contributed by atoms with van der Waals surface area (Å²) in [5.41, 5.74) is 6.20. The van der Waals surface area contributed by atoms with E-state index in [-0.39, 0.29) is 11.6 Å². The molecule has 0 radical (unpaired) electrons. The average Bonchev–Trinajstić information content (AvgIpc) is 3.09. The number of likely N-dealkylation sites (tertiary alicyclic amines) is 1. The summed E-state index contributed by atoms with van der Waals surface area (Å²) < 4.78 is 1.23. The zero-order chi connectivity index (χ0) is 18.1. The first-order chi connectivity index (χ1) is 11.9. The first-order valence-electron chi connectivity index (χ1n) is 8.58. The molecular weight excluding hydrogens is 336 g/mol. The number of thiophene rings is 1. The lowest BCUT2D eigenvalue weighted by molar-refractivity contribution is -0.137. The van der Waals surface area contributed by atoms with Crippen LogP contribution in [-0.4, -0.2) is 33.7 Å². The molecule has 2 aromatic heterocycles. The van der Waals surface area contributed by atoms with Gasteiger partial charge in [0.2, 0.25) is 5.91 Å². The Labute approximate surface area is 151 Å². The minimum atomic E-state index is -0.674. The highest BCUT2D eigenvalue weighted by Gasteiger charge is 2.30. The van der Waals surface area contributed by atoms with Crippen LogP contribution >= 0.6 is 11.3 Å². The van der Waals surface area contributed by atoms with Crippen LogP contribution < -0.4 is 11.3 Å². The van der Waals surface area contributed by atoms with E-state index in [1.807, 2.05) is 22.4 Å². The number of carbonyl (C=O) groups is 1. The van der Waals surface area contributed by atoms with E-state index in [0.29, 0.717) is 17.5 Å². The molecule has 25 heavy (non-hydrogen) atoms. The van der Waals surface area contributed by atoms with Gasteiger partial charge < -0.3 is 10.6 Å². The van der Waals surface area contributed by atoms with Gasteiger partial charge >= 0.3 is 0 Å². The normalized spacial score (nSPS) is 22.0. The van der Waals surface area contributed by atoms with Crippen LogP contribution in [0.25, 0.3) is 10.6 Å². The zero-order valence-electron chi connectivity index (χ0n) is 14.8. The molecule has 1 saturated heterocycles. The van der Waals surface area contributed by atoms with Crippen molar-refractivity contribution in [2.75, 3.05) is 18.8 Å². The highest BCUT2D eigenvalue weighted by molar-refractivity contribution is 7.13. The zero-order valence-corrected chi connectivity index (χ0v) is 15.6. The van der Waals surface area contributed by atoms with E-state index in [4.69, 9.17) is 5.73 Å². The third kappa shape index (κ3) is 3.61. The first-order valence-corrected chi connectivity index (χ1v) is 9.46. The SMILES string of the molecule is C[C@@H]1C[C@H](C)CN(C(=O)[C@H](C)n2nc(-c3cccs3)cc(N)c2=O)C1. The van der Waals surface area contributed by atoms with E-state index in [9.17, 15) is 9.59 Å². The summed E-state index contributed by atoms with van der Waals surface area (Å²) in [7, 11) is 0. The smallest absolute Gasteiger partial charge is 0.290 e. The first kappa shape index (κ1) is 17.7. The number of nitrogens with two attached hydrogens (primary N) is 1. The summed E-state index contributed by atoms with van der Waals surface area (Å²) in [5, 5.41) is 6.35. The van der Waals surface area contributed by atoms with Crippen molar-refractivity contribution in [3.8, 4) is 10.6 Å². The number of nitrogens with zero attached hydrogens (tertiary/aromatic N) is 3. The van der Waals surface area contributed by atoms with Crippen molar-refractivity contribution < 1.29 is 4.79 Å². The van der Waals surface area contributed by atoms with Crippen molar-refractivity contribution in [2.45, 2.75) is 33.2 Å². The number of piperidine rings is 1. The van der Waals surface area contributed by atoms with Crippen molar-refractivity contribution >= 4 is 22.9 Å². The standard InChI is InChI=1S/C18H24N4O2S/c1-11-7-12(2)10-21(9-11)17(23)13(3)22-18(24)14(19)8-15(20-22)16-5-4-6-25-16/h4-6,8,11-13H,7,9-10,19H2,1-3H3/t11-,12+,13-/m0/s1. The van der Waals surface area contributed by atoms with Gasteiger partial charge in [-0.1, -0.05) is 19.9 Å². The van der Waals surface area contributed by atoms with E-state index in [0.717, 1.165) is 24.4 Å². The van der Waals surface area contributed by atoms with E-state index in [1.165, 1.54) is 16.0 Å². The Hall–Kier alpha value is -2.15. The lowest BCUT2D eigenvalue weighted by Crippen LogP contribution is -2.47. The van der Waals surface area contributed by atoms with Crippen LogP contribution in [0.4, 0.5) is 5.69 Å². The van der Waals surface area contributed by atoms with Crippen LogP contribution in [0.2, 0.25) is 0 Å². The lowest BCUT2D eigenvalue weighted by atomic mass is 9.91. The lowest BCUT2D eigenvalue weighted by Gasteiger charge is -2.36.